The number of nitrogens with one attached hydrogen (secondary N) is 3. The number of rotatable bonds is 12. The minimum absolute atomic E-state index is 0.142. The van der Waals surface area contributed by atoms with Gasteiger partial charge in [-0.25, -0.2) is 13.9 Å². The van der Waals surface area contributed by atoms with Gasteiger partial charge in [0.25, 0.3) is 11.8 Å². The Bertz CT molecular complexity index is 2040. The van der Waals surface area contributed by atoms with Crippen LogP contribution in [0.1, 0.15) is 105 Å². The molecule has 1 unspecified atom stereocenters. The van der Waals surface area contributed by atoms with Gasteiger partial charge in [-0.2, -0.15) is 10.4 Å². The number of nitrogens with zero attached hydrogens (tertiary/aromatic N) is 3. The van der Waals surface area contributed by atoms with E-state index in [0.29, 0.717) is 34.8 Å². The fourth-order valence-electron chi connectivity index (χ4n) is 5.66. The van der Waals surface area contributed by atoms with Gasteiger partial charge in [-0.1, -0.05) is 37.1 Å². The van der Waals surface area contributed by atoms with E-state index in [-0.39, 0.29) is 17.1 Å². The van der Waals surface area contributed by atoms with Gasteiger partial charge in [0, 0.05) is 23.1 Å². The molecule has 1 heterocycles. The molecule has 2 atom stereocenters. The Labute approximate surface area is 311 Å². The van der Waals surface area contributed by atoms with Crippen molar-refractivity contribution in [3.8, 4) is 11.8 Å². The Balaban J connectivity index is 1.55. The molecule has 0 spiro atoms. The second-order valence-corrected chi connectivity index (χ2v) is 17.0. The van der Waals surface area contributed by atoms with Crippen molar-refractivity contribution in [1.82, 2.24) is 14.5 Å². The number of hydrogen-bond acceptors (Lipinski definition) is 8. The molecular weight excluding hydrogens is 698 g/mol. The summed E-state index contributed by atoms with van der Waals surface area (Å²) < 4.78 is 38.7. The zero-order chi connectivity index (χ0) is 38.7. The first-order valence-electron chi connectivity index (χ1n) is 17.2. The molecule has 5 rings (SSSR count). The summed E-state index contributed by atoms with van der Waals surface area (Å²) in [6.45, 7) is 10.7. The van der Waals surface area contributed by atoms with E-state index in [9.17, 15) is 24.2 Å². The van der Waals surface area contributed by atoms with Crippen molar-refractivity contribution in [3.05, 3.63) is 107 Å². The zero-order valence-corrected chi connectivity index (χ0v) is 31.4. The summed E-state index contributed by atoms with van der Waals surface area (Å²) in [5.74, 6) is -1.94. The molecule has 278 valence electrons. The van der Waals surface area contributed by atoms with Crippen molar-refractivity contribution in [2.45, 2.75) is 83.1 Å². The van der Waals surface area contributed by atoms with Gasteiger partial charge in [0.05, 0.1) is 23.0 Å². The number of nitrogens with two attached hydrogens (primary N) is 1. The number of carbonyl (C=O) groups excluding carboxylic acids is 3. The second kappa shape index (κ2) is 15.4. The predicted molar refractivity (Wildman–Crippen MR) is 201 cm³/mol. The highest BCUT2D eigenvalue weighted by atomic mass is 32.2. The minimum Gasteiger partial charge on any atom is -0.598 e. The van der Waals surface area contributed by atoms with E-state index in [0.717, 1.165) is 24.8 Å². The highest BCUT2D eigenvalue weighted by molar-refractivity contribution is 7.90. The first-order valence-corrected chi connectivity index (χ1v) is 18.4. The van der Waals surface area contributed by atoms with Gasteiger partial charge in [0.2, 0.25) is 0 Å². The molecule has 1 saturated carbocycles. The molecule has 0 radical (unpaired) electrons. The van der Waals surface area contributed by atoms with Crippen molar-refractivity contribution in [2.75, 3.05) is 10.6 Å². The van der Waals surface area contributed by atoms with Gasteiger partial charge in [-0.15, -0.1) is 4.72 Å². The molecule has 12 nitrogen and oxygen atoms in total. The summed E-state index contributed by atoms with van der Waals surface area (Å²) in [5, 5.41) is 19.0. The largest absolute Gasteiger partial charge is 0.598 e. The molecule has 3 aromatic carbocycles. The lowest BCUT2D eigenvalue weighted by Gasteiger charge is -2.39. The van der Waals surface area contributed by atoms with E-state index in [1.165, 1.54) is 28.9 Å². The molecule has 4 aromatic rings. The highest BCUT2D eigenvalue weighted by Crippen LogP contribution is 2.43. The number of nitriles is 1. The lowest BCUT2D eigenvalue weighted by atomic mass is 9.79. The Kier molecular flexibility index (Phi) is 11.3. The lowest BCUT2D eigenvalue weighted by Crippen LogP contribution is -2.52. The van der Waals surface area contributed by atoms with Crippen LogP contribution in [-0.2, 0) is 21.6 Å². The van der Waals surface area contributed by atoms with Gasteiger partial charge >= 0.3 is 6.09 Å². The van der Waals surface area contributed by atoms with Crippen molar-refractivity contribution >= 4 is 40.6 Å². The van der Waals surface area contributed by atoms with Crippen LogP contribution in [0.3, 0.4) is 0 Å². The van der Waals surface area contributed by atoms with E-state index in [4.69, 9.17) is 10.5 Å². The summed E-state index contributed by atoms with van der Waals surface area (Å²) in [7, 11) is 0. The molecule has 0 bridgehead atoms. The number of halogens is 1. The van der Waals surface area contributed by atoms with E-state index >= 15 is 4.39 Å². The smallest absolute Gasteiger partial charge is 0.412 e. The molecule has 5 N–H and O–H groups in total. The van der Waals surface area contributed by atoms with Crippen LogP contribution in [0.25, 0.3) is 5.69 Å². The first kappa shape index (κ1) is 39.0. The topological polar surface area (TPSA) is 187 Å². The van der Waals surface area contributed by atoms with Crippen LogP contribution >= 0.6 is 0 Å². The minimum atomic E-state index is -1.58. The van der Waals surface area contributed by atoms with Crippen LogP contribution in [-0.4, -0.2) is 42.6 Å². The Hall–Kier alpha value is -5.23. The molecule has 0 saturated heterocycles. The van der Waals surface area contributed by atoms with Gasteiger partial charge in [-0.05, 0) is 114 Å². The van der Waals surface area contributed by atoms with Crippen molar-refractivity contribution in [2.24, 2.45) is 11.7 Å². The standard InChI is InChI=1S/C39H44FN7O5S/c1-37(2,3)52-36(50)43-28-8-7-9-29(21-28)47-33(22-32(45-47)34(42)48)35(49)44-31-20-27(16-17-30(31)40)39(19-18-24-10-11-24,46-53(51)38(4,5)6)26-14-12-25(23-41)13-15-26/h7-9,12-17,20-22,24,46H,10-11,18-19H2,1-6H3,(H2,42,48)(H,43,50)(H,44,49)/t39?,53-/m1/s1. The Morgan fingerprint density at radius 2 is 1.68 bits per heavy atom. The molecule has 1 aromatic heterocycles. The second-order valence-electron chi connectivity index (χ2n) is 15.1. The summed E-state index contributed by atoms with van der Waals surface area (Å²) in [4.78, 5) is 38.6. The van der Waals surface area contributed by atoms with Gasteiger partial charge in [0.1, 0.15) is 27.4 Å². The number of hydrogen-bond donors (Lipinski definition) is 4. The van der Waals surface area contributed by atoms with E-state index in [2.05, 4.69) is 26.5 Å². The molecule has 1 fully saturated rings. The number of primary amides is 1. The van der Waals surface area contributed by atoms with Crippen LogP contribution in [0.2, 0.25) is 0 Å². The Morgan fingerprint density at radius 3 is 2.28 bits per heavy atom. The third kappa shape index (κ3) is 9.61. The normalized spacial score (nSPS) is 14.8. The van der Waals surface area contributed by atoms with Crippen molar-refractivity contribution in [3.63, 3.8) is 0 Å². The molecule has 14 heteroatoms. The summed E-state index contributed by atoms with van der Waals surface area (Å²) in [5.41, 5.74) is 5.51. The number of ether oxygens (including phenoxy) is 1. The van der Waals surface area contributed by atoms with Crippen LogP contribution in [0, 0.1) is 23.1 Å². The van der Waals surface area contributed by atoms with Crippen LogP contribution in [0.5, 0.6) is 0 Å². The van der Waals surface area contributed by atoms with E-state index in [1.807, 2.05) is 20.8 Å². The maximum absolute atomic E-state index is 15.7. The van der Waals surface area contributed by atoms with Gasteiger partial charge in [-0.3, -0.25) is 14.9 Å². The SMILES string of the molecule is CC(C)(C)OC(=O)Nc1cccc(-n2nc(C(N)=O)cc2C(=O)Nc2cc(C(CCC3CC3)(N[S@+]([O-])C(C)(C)C)c3ccc(C#N)cc3)ccc2F)c1. The Morgan fingerprint density at radius 1 is 1.00 bits per heavy atom. The third-order valence-corrected chi connectivity index (χ3v) is 10.2. The summed E-state index contributed by atoms with van der Waals surface area (Å²) >= 11 is -1.58. The van der Waals surface area contributed by atoms with Crippen molar-refractivity contribution < 1.29 is 28.1 Å². The summed E-state index contributed by atoms with van der Waals surface area (Å²) in [6, 6.07) is 21.0. The number of benzene rings is 3. The maximum atomic E-state index is 15.7. The van der Waals surface area contributed by atoms with E-state index < -0.39 is 51.0 Å². The zero-order valence-electron chi connectivity index (χ0n) is 30.6. The molecule has 0 aliphatic heterocycles. The maximum Gasteiger partial charge on any atom is 0.412 e. The number of amides is 3. The number of aromatic nitrogens is 2. The van der Waals surface area contributed by atoms with Crippen molar-refractivity contribution in [1.29, 1.82) is 5.26 Å². The predicted octanol–water partition coefficient (Wildman–Crippen LogP) is 7.07. The average Bonchev–Trinajstić information content (AvgIpc) is 3.80. The highest BCUT2D eigenvalue weighted by Gasteiger charge is 2.43. The third-order valence-electron chi connectivity index (χ3n) is 8.59. The number of anilines is 2. The fourth-order valence-corrected chi connectivity index (χ4v) is 6.62. The molecule has 1 aliphatic rings. The number of carbonyl (C=O) groups is 3. The lowest BCUT2D eigenvalue weighted by molar-refractivity contribution is 0.0635. The molecule has 3 amide bonds. The van der Waals surface area contributed by atoms with E-state index in [1.54, 1.807) is 69.3 Å². The monoisotopic (exact) mass is 741 g/mol. The summed E-state index contributed by atoms with van der Waals surface area (Å²) in [6.07, 6.45) is 2.77. The van der Waals surface area contributed by atoms with Gasteiger partial charge in [0.15, 0.2) is 5.69 Å². The first-order chi connectivity index (χ1) is 24.9. The quantitative estimate of drug-likeness (QED) is 0.111. The fraction of sp³-hybridized carbons (Fsp3) is 0.359. The molecular formula is C39H44FN7O5S. The van der Waals surface area contributed by atoms with Crippen LogP contribution < -0.4 is 21.1 Å². The average molecular weight is 742 g/mol. The van der Waals surface area contributed by atoms with Crippen LogP contribution in [0.4, 0.5) is 20.6 Å². The van der Waals surface area contributed by atoms with Crippen LogP contribution in [0.15, 0.2) is 72.8 Å². The van der Waals surface area contributed by atoms with Gasteiger partial charge < -0.3 is 20.3 Å². The molecule has 1 aliphatic carbocycles. The molecule has 53 heavy (non-hydrogen) atoms.